The Kier molecular flexibility index (Phi) is 9.35. The van der Waals surface area contributed by atoms with Crippen LogP contribution in [-0.2, 0) is 14.3 Å². The van der Waals surface area contributed by atoms with Gasteiger partial charge < -0.3 is 25.1 Å². The van der Waals surface area contributed by atoms with Crippen LogP contribution in [0.15, 0.2) is 53.7 Å². The van der Waals surface area contributed by atoms with Gasteiger partial charge in [0, 0.05) is 63.2 Å². The zero-order valence-electron chi connectivity index (χ0n) is 22.4. The molecular formula is C26H33F7N4O3S. The first-order chi connectivity index (χ1) is 18.9. The highest BCUT2D eigenvalue weighted by Crippen LogP contribution is 3.02. The Morgan fingerprint density at radius 2 is 1.78 bits per heavy atom. The predicted molar refractivity (Wildman–Crippen MR) is 142 cm³/mol. The van der Waals surface area contributed by atoms with E-state index < -0.39 is 39.0 Å². The fraction of sp³-hybridized carbons (Fsp3) is 0.500. The number of pyridine rings is 1. The van der Waals surface area contributed by atoms with Crippen molar-refractivity contribution in [1.82, 2.24) is 15.6 Å². The summed E-state index contributed by atoms with van der Waals surface area (Å²) in [6.07, 6.45) is 4.28. The van der Waals surface area contributed by atoms with E-state index in [0.717, 1.165) is 31.4 Å². The number of aldehydes is 1. The molecule has 2 aliphatic rings. The number of amides is 1. The van der Waals surface area contributed by atoms with Crippen molar-refractivity contribution in [3.05, 3.63) is 54.4 Å². The van der Waals surface area contributed by atoms with Crippen LogP contribution >= 0.6 is 10.2 Å². The van der Waals surface area contributed by atoms with Crippen LogP contribution in [0.2, 0.25) is 0 Å². The molecule has 1 aliphatic heterocycles. The van der Waals surface area contributed by atoms with Crippen LogP contribution in [0.5, 0.6) is 0 Å². The third kappa shape index (κ3) is 9.30. The number of nitrogens with zero attached hydrogens (tertiary/aromatic N) is 2. The Balaban J connectivity index is 0.000000436. The summed E-state index contributed by atoms with van der Waals surface area (Å²) in [6.45, 7) is 0.805. The predicted octanol–water partition coefficient (Wildman–Crippen LogP) is 6.17. The summed E-state index contributed by atoms with van der Waals surface area (Å²) in [5, 5.41) is 5.73. The van der Waals surface area contributed by atoms with Crippen LogP contribution in [0, 0.1) is 0 Å². The van der Waals surface area contributed by atoms with Gasteiger partial charge in [0.1, 0.15) is 17.2 Å². The largest absolute Gasteiger partial charge is 0.380 e. The molecular weight excluding hydrogens is 581 g/mol. The minimum absolute atomic E-state index is 0.0231. The lowest BCUT2D eigenvalue weighted by Gasteiger charge is -2.40. The number of ether oxygens (including phenoxy) is 1. The van der Waals surface area contributed by atoms with Crippen LogP contribution in [-0.4, -0.2) is 62.0 Å². The number of likely N-dealkylation sites (N-methyl/N-ethyl adjacent to an activating group) is 1. The third-order valence-electron chi connectivity index (χ3n) is 7.01. The Morgan fingerprint density at radius 3 is 2.24 bits per heavy atom. The van der Waals surface area contributed by atoms with Crippen molar-refractivity contribution in [2.75, 3.05) is 25.6 Å². The first-order valence-corrected chi connectivity index (χ1v) is 14.7. The lowest BCUT2D eigenvalue weighted by atomic mass is 9.92. The Morgan fingerprint density at radius 1 is 1.15 bits per heavy atom. The molecule has 2 aromatic rings. The van der Waals surface area contributed by atoms with Gasteiger partial charge in [-0.05, 0) is 49.6 Å². The maximum atomic E-state index is 13.4. The van der Waals surface area contributed by atoms with E-state index in [1.54, 1.807) is 19.2 Å². The normalized spacial score (nSPS) is 23.2. The van der Waals surface area contributed by atoms with Gasteiger partial charge in [0.05, 0.1) is 12.1 Å². The molecule has 15 heteroatoms. The summed E-state index contributed by atoms with van der Waals surface area (Å²) in [5.74, 6) is -3.33. The average Bonchev–Trinajstić information content (AvgIpc) is 3.38. The molecule has 2 heterocycles. The van der Waals surface area contributed by atoms with Crippen molar-refractivity contribution in [2.24, 2.45) is 0 Å². The van der Waals surface area contributed by atoms with Gasteiger partial charge in [0.15, 0.2) is 0 Å². The van der Waals surface area contributed by atoms with E-state index in [4.69, 9.17) is 4.74 Å². The fourth-order valence-corrected chi connectivity index (χ4v) is 5.31. The van der Waals surface area contributed by atoms with Gasteiger partial charge in [-0.25, -0.2) is 8.78 Å². The van der Waals surface area contributed by atoms with Crippen molar-refractivity contribution >= 4 is 28.1 Å². The summed E-state index contributed by atoms with van der Waals surface area (Å²) in [6, 6.07) is 3.85. The molecule has 1 amide bonds. The summed E-state index contributed by atoms with van der Waals surface area (Å²) < 4.78 is 96.9. The third-order valence-corrected chi connectivity index (χ3v) is 8.17. The zero-order valence-corrected chi connectivity index (χ0v) is 23.2. The number of alkyl halides is 2. The molecule has 0 spiro atoms. The first kappa shape index (κ1) is 32.6. The quantitative estimate of drug-likeness (QED) is 0.273. The van der Waals surface area contributed by atoms with E-state index in [1.807, 2.05) is 0 Å². The standard InChI is InChI=1S/C20H22F7N3OS.C6H11NO2/c1-30(16-4-6-17(7-5-16)32(23,24,25,26)27)18(14-3-2-12-28-13-14)19(31)29-15-8-10-20(21,22)11-9-15;1-9-6-2-5(4-8)7-3-6/h2-7,12-13,15,18H,8-11H2,1H3,(H,29,31);4-7H,2-3H2,1H3. The molecule has 1 aromatic heterocycles. The van der Waals surface area contributed by atoms with E-state index in [2.05, 4.69) is 15.6 Å². The summed E-state index contributed by atoms with van der Waals surface area (Å²) >= 11 is 0. The number of anilines is 1. The number of carbonyl (C=O) groups is 2. The van der Waals surface area contributed by atoms with E-state index in [9.17, 15) is 37.8 Å². The highest BCUT2D eigenvalue weighted by Gasteiger charge is 2.65. The first-order valence-electron chi connectivity index (χ1n) is 12.8. The number of rotatable bonds is 8. The summed E-state index contributed by atoms with van der Waals surface area (Å²) in [7, 11) is -6.74. The minimum atomic E-state index is -9.83. The zero-order chi connectivity index (χ0) is 30.5. The van der Waals surface area contributed by atoms with E-state index >= 15 is 0 Å². The Labute approximate surface area is 233 Å². The second-order valence-electron chi connectivity index (χ2n) is 10.1. The van der Waals surface area contributed by atoms with E-state index in [1.165, 1.54) is 24.3 Å². The lowest BCUT2D eigenvalue weighted by molar-refractivity contribution is -0.124. The maximum absolute atomic E-state index is 13.4. The van der Waals surface area contributed by atoms with Crippen LogP contribution in [0.1, 0.15) is 43.7 Å². The van der Waals surface area contributed by atoms with Gasteiger partial charge in [0.25, 0.3) is 0 Å². The van der Waals surface area contributed by atoms with Crippen LogP contribution in [0.4, 0.5) is 33.9 Å². The minimum Gasteiger partial charge on any atom is -0.380 e. The highest BCUT2D eigenvalue weighted by atomic mass is 32.5. The number of hydrogen-bond acceptors (Lipinski definition) is 6. The number of methoxy groups -OCH3 is 1. The molecule has 1 aromatic carbocycles. The monoisotopic (exact) mass is 614 g/mol. The average molecular weight is 615 g/mol. The maximum Gasteiger partial charge on any atom is 0.310 e. The smallest absolute Gasteiger partial charge is 0.310 e. The fourth-order valence-electron chi connectivity index (χ4n) is 4.66. The Hall–Kier alpha value is -2.91. The van der Waals surface area contributed by atoms with Gasteiger partial charge in [-0.15, -0.1) is 0 Å². The van der Waals surface area contributed by atoms with Crippen molar-refractivity contribution in [1.29, 1.82) is 0 Å². The molecule has 1 aliphatic carbocycles. The van der Waals surface area contributed by atoms with Gasteiger partial charge in [0.2, 0.25) is 11.8 Å². The molecule has 0 bridgehead atoms. The molecule has 0 radical (unpaired) electrons. The van der Waals surface area contributed by atoms with Gasteiger partial charge in [-0.1, -0.05) is 25.5 Å². The highest BCUT2D eigenvalue weighted by molar-refractivity contribution is 8.45. The molecule has 1 saturated carbocycles. The second-order valence-corrected chi connectivity index (χ2v) is 12.6. The SMILES string of the molecule is CN(c1ccc(S(F)(F)(F)(F)F)cc1)C(C(=O)NC1CCC(F)(F)CC1)c1cccnc1.COC1CNC(C=O)C1. The molecule has 3 unspecified atom stereocenters. The molecule has 2 fully saturated rings. The van der Waals surface area contributed by atoms with Crippen LogP contribution in [0.3, 0.4) is 0 Å². The number of halogens is 7. The molecule has 7 nitrogen and oxygen atoms in total. The lowest BCUT2D eigenvalue weighted by Crippen LogP contribution is -2.46. The topological polar surface area (TPSA) is 83.6 Å². The number of benzene rings is 1. The second kappa shape index (κ2) is 11.8. The molecule has 41 heavy (non-hydrogen) atoms. The van der Waals surface area contributed by atoms with Crippen molar-refractivity contribution in [3.63, 3.8) is 0 Å². The van der Waals surface area contributed by atoms with Gasteiger partial charge in [-0.2, -0.15) is 0 Å². The Bertz CT molecular complexity index is 1180. The molecule has 4 rings (SSSR count). The van der Waals surface area contributed by atoms with Crippen molar-refractivity contribution in [3.8, 4) is 0 Å². The number of aromatic nitrogens is 1. The van der Waals surface area contributed by atoms with Crippen molar-refractivity contribution in [2.45, 2.75) is 67.2 Å². The molecule has 230 valence electrons. The van der Waals surface area contributed by atoms with E-state index in [-0.39, 0.29) is 55.6 Å². The number of nitrogens with one attached hydrogen (secondary N) is 2. The summed E-state index contributed by atoms with van der Waals surface area (Å²) in [5.41, 5.74) is 0.472. The van der Waals surface area contributed by atoms with E-state index in [0.29, 0.717) is 5.56 Å². The number of carbonyl (C=O) groups excluding carboxylic acids is 2. The number of hydrogen-bond donors (Lipinski definition) is 2. The molecule has 2 N–H and O–H groups in total. The summed E-state index contributed by atoms with van der Waals surface area (Å²) in [4.78, 5) is 26.4. The van der Waals surface area contributed by atoms with Crippen molar-refractivity contribution < 1.29 is 42.5 Å². The van der Waals surface area contributed by atoms with Crippen LogP contribution in [0.25, 0.3) is 0 Å². The van der Waals surface area contributed by atoms with Gasteiger partial charge in [-0.3, -0.25) is 9.78 Å². The molecule has 3 atom stereocenters. The van der Waals surface area contributed by atoms with Gasteiger partial charge >= 0.3 is 10.2 Å². The molecule has 1 saturated heterocycles. The van der Waals surface area contributed by atoms with Crippen LogP contribution < -0.4 is 15.5 Å².